The Labute approximate surface area is 182 Å². The summed E-state index contributed by atoms with van der Waals surface area (Å²) >= 11 is 0. The van der Waals surface area contributed by atoms with Crippen molar-refractivity contribution in [3.05, 3.63) is 84.4 Å². The topological polar surface area (TPSA) is 76.7 Å². The van der Waals surface area contributed by atoms with E-state index in [9.17, 15) is 9.59 Å². The molecule has 0 radical (unpaired) electrons. The molecule has 0 unspecified atom stereocenters. The Morgan fingerprint density at radius 3 is 2.19 bits per heavy atom. The van der Waals surface area contributed by atoms with Crippen LogP contribution in [0.15, 0.2) is 78.9 Å². The van der Waals surface area contributed by atoms with Gasteiger partial charge >= 0.3 is 0 Å². The van der Waals surface area contributed by atoms with Gasteiger partial charge in [-0.15, -0.1) is 0 Å². The van der Waals surface area contributed by atoms with Gasteiger partial charge in [0.25, 0.3) is 11.8 Å². The van der Waals surface area contributed by atoms with Gasteiger partial charge in [0.05, 0.1) is 0 Å². The van der Waals surface area contributed by atoms with Crippen molar-refractivity contribution in [2.75, 3.05) is 32.2 Å². The molecular weight excluding hydrogens is 392 g/mol. The molecule has 31 heavy (non-hydrogen) atoms. The maximum atomic E-state index is 12.2. The first kappa shape index (κ1) is 22.1. The van der Waals surface area contributed by atoms with Crippen LogP contribution >= 0.6 is 0 Å². The van der Waals surface area contributed by atoms with Crippen LogP contribution in [0.1, 0.15) is 16.8 Å². The lowest BCUT2D eigenvalue weighted by Gasteiger charge is -2.09. The van der Waals surface area contributed by atoms with E-state index >= 15 is 0 Å². The number of ether oxygens (including phenoxy) is 2. The number of carbonyl (C=O) groups excluding carboxylic acids is 2. The Kier molecular flexibility index (Phi) is 8.20. The largest absolute Gasteiger partial charge is 0.484 e. The van der Waals surface area contributed by atoms with Crippen LogP contribution in [0.2, 0.25) is 0 Å². The summed E-state index contributed by atoms with van der Waals surface area (Å²) < 4.78 is 10.5. The van der Waals surface area contributed by atoms with E-state index in [0.717, 1.165) is 17.5 Å². The van der Waals surface area contributed by atoms with Gasteiger partial charge in [0, 0.05) is 31.5 Å². The first-order valence-electron chi connectivity index (χ1n) is 10.1. The van der Waals surface area contributed by atoms with E-state index in [1.165, 1.54) is 0 Å². The van der Waals surface area contributed by atoms with Crippen LogP contribution in [0.5, 0.6) is 5.75 Å². The van der Waals surface area contributed by atoms with Crippen LogP contribution in [-0.2, 0) is 9.53 Å². The molecule has 0 spiro atoms. The molecule has 0 saturated carbocycles. The summed E-state index contributed by atoms with van der Waals surface area (Å²) in [5, 5.41) is 5.58. The van der Waals surface area contributed by atoms with Gasteiger partial charge in [-0.05, 0) is 53.9 Å². The van der Waals surface area contributed by atoms with E-state index in [0.29, 0.717) is 30.2 Å². The van der Waals surface area contributed by atoms with Crippen molar-refractivity contribution in [2.24, 2.45) is 0 Å². The van der Waals surface area contributed by atoms with Crippen LogP contribution in [0.4, 0.5) is 5.69 Å². The molecule has 3 rings (SSSR count). The van der Waals surface area contributed by atoms with Crippen molar-refractivity contribution in [1.29, 1.82) is 0 Å². The van der Waals surface area contributed by atoms with Crippen molar-refractivity contribution in [2.45, 2.75) is 6.42 Å². The molecule has 0 aliphatic carbocycles. The Morgan fingerprint density at radius 2 is 1.52 bits per heavy atom. The molecule has 160 valence electrons. The number of methoxy groups -OCH3 is 1. The van der Waals surface area contributed by atoms with Crippen molar-refractivity contribution in [1.82, 2.24) is 5.32 Å². The lowest BCUT2D eigenvalue weighted by molar-refractivity contribution is -0.118. The molecule has 2 amide bonds. The first-order chi connectivity index (χ1) is 15.2. The summed E-state index contributed by atoms with van der Waals surface area (Å²) in [4.78, 5) is 24.2. The summed E-state index contributed by atoms with van der Waals surface area (Å²) in [7, 11) is 1.63. The highest BCUT2D eigenvalue weighted by molar-refractivity contribution is 5.96. The third kappa shape index (κ3) is 6.97. The summed E-state index contributed by atoms with van der Waals surface area (Å²) in [6.07, 6.45) is 0.755. The number of carbonyl (C=O) groups is 2. The fourth-order valence-corrected chi connectivity index (χ4v) is 2.95. The lowest BCUT2D eigenvalue weighted by atomic mass is 10.1. The second kappa shape index (κ2) is 11.5. The number of benzene rings is 3. The Balaban J connectivity index is 1.44. The van der Waals surface area contributed by atoms with E-state index in [1.807, 2.05) is 54.6 Å². The van der Waals surface area contributed by atoms with Gasteiger partial charge in [-0.25, -0.2) is 0 Å². The third-order valence-corrected chi connectivity index (χ3v) is 4.57. The standard InChI is InChI=1S/C25H26N2O4/c1-30-17-5-16-26-25(29)21-8-12-22(13-9-21)27-24(28)18-31-23-14-10-20(11-15-23)19-6-3-2-4-7-19/h2-4,6-15H,5,16-18H2,1H3,(H,26,29)(H,27,28). The minimum absolute atomic E-state index is 0.105. The predicted octanol–water partition coefficient (Wildman–Crippen LogP) is 4.14. The molecule has 3 aromatic rings. The van der Waals surface area contributed by atoms with Crippen LogP contribution in [0, 0.1) is 0 Å². The highest BCUT2D eigenvalue weighted by atomic mass is 16.5. The predicted molar refractivity (Wildman–Crippen MR) is 121 cm³/mol. The van der Waals surface area contributed by atoms with E-state index < -0.39 is 0 Å². The van der Waals surface area contributed by atoms with Crippen LogP contribution in [-0.4, -0.2) is 38.7 Å². The first-order valence-corrected chi connectivity index (χ1v) is 10.1. The minimum atomic E-state index is -0.274. The summed E-state index contributed by atoms with van der Waals surface area (Å²) in [5.74, 6) is 0.190. The molecule has 6 heteroatoms. The smallest absolute Gasteiger partial charge is 0.262 e. The van der Waals surface area contributed by atoms with Crippen molar-refractivity contribution >= 4 is 17.5 Å². The summed E-state index contributed by atoms with van der Waals surface area (Å²) in [6, 6.07) is 24.4. The van der Waals surface area contributed by atoms with Crippen molar-refractivity contribution in [3.8, 4) is 16.9 Å². The monoisotopic (exact) mass is 418 g/mol. The number of hydrogen-bond donors (Lipinski definition) is 2. The van der Waals surface area contributed by atoms with Crippen molar-refractivity contribution < 1.29 is 19.1 Å². The zero-order chi connectivity index (χ0) is 21.9. The average molecular weight is 418 g/mol. The number of amides is 2. The van der Waals surface area contributed by atoms with Gasteiger partial charge < -0.3 is 20.1 Å². The highest BCUT2D eigenvalue weighted by Gasteiger charge is 2.07. The number of hydrogen-bond acceptors (Lipinski definition) is 4. The summed E-state index contributed by atoms with van der Waals surface area (Å²) in [6.45, 7) is 1.05. The van der Waals surface area contributed by atoms with Crippen LogP contribution in [0.25, 0.3) is 11.1 Å². The van der Waals surface area contributed by atoms with Gasteiger partial charge in [0.2, 0.25) is 0 Å². The Bertz CT molecular complexity index is 971. The zero-order valence-electron chi connectivity index (χ0n) is 17.5. The van der Waals surface area contributed by atoms with Crippen LogP contribution in [0.3, 0.4) is 0 Å². The maximum absolute atomic E-state index is 12.2. The molecule has 6 nitrogen and oxygen atoms in total. The quantitative estimate of drug-likeness (QED) is 0.485. The fourth-order valence-electron chi connectivity index (χ4n) is 2.95. The van der Waals surface area contributed by atoms with E-state index in [4.69, 9.17) is 9.47 Å². The average Bonchev–Trinajstić information content (AvgIpc) is 2.82. The number of nitrogens with one attached hydrogen (secondary N) is 2. The van der Waals surface area contributed by atoms with E-state index in [-0.39, 0.29) is 18.4 Å². The molecule has 0 aromatic heterocycles. The van der Waals surface area contributed by atoms with E-state index in [1.54, 1.807) is 31.4 Å². The second-order valence-electron chi connectivity index (χ2n) is 6.91. The molecule has 0 fully saturated rings. The molecule has 0 heterocycles. The fraction of sp³-hybridized carbons (Fsp3) is 0.200. The molecule has 0 bridgehead atoms. The van der Waals surface area contributed by atoms with Gasteiger partial charge in [0.15, 0.2) is 6.61 Å². The van der Waals surface area contributed by atoms with Gasteiger partial charge in [-0.1, -0.05) is 42.5 Å². The zero-order valence-corrected chi connectivity index (χ0v) is 17.5. The molecule has 2 N–H and O–H groups in total. The maximum Gasteiger partial charge on any atom is 0.262 e. The Morgan fingerprint density at radius 1 is 0.839 bits per heavy atom. The lowest BCUT2D eigenvalue weighted by Crippen LogP contribution is -2.25. The molecule has 0 aliphatic rings. The number of rotatable bonds is 10. The molecule has 0 saturated heterocycles. The third-order valence-electron chi connectivity index (χ3n) is 4.57. The molecule has 0 atom stereocenters. The van der Waals surface area contributed by atoms with Crippen LogP contribution < -0.4 is 15.4 Å². The molecular formula is C25H26N2O4. The normalized spacial score (nSPS) is 10.4. The Hall–Kier alpha value is -3.64. The SMILES string of the molecule is COCCCNC(=O)c1ccc(NC(=O)COc2ccc(-c3ccccc3)cc2)cc1. The second-order valence-corrected chi connectivity index (χ2v) is 6.91. The van der Waals surface area contributed by atoms with E-state index in [2.05, 4.69) is 10.6 Å². The summed E-state index contributed by atoms with van der Waals surface area (Å²) in [5.41, 5.74) is 3.34. The minimum Gasteiger partial charge on any atom is -0.484 e. The van der Waals surface area contributed by atoms with Gasteiger partial charge in [-0.2, -0.15) is 0 Å². The number of anilines is 1. The van der Waals surface area contributed by atoms with Gasteiger partial charge in [-0.3, -0.25) is 9.59 Å². The highest BCUT2D eigenvalue weighted by Crippen LogP contribution is 2.22. The van der Waals surface area contributed by atoms with Gasteiger partial charge in [0.1, 0.15) is 5.75 Å². The molecule has 0 aliphatic heterocycles. The molecule has 3 aromatic carbocycles. The van der Waals surface area contributed by atoms with Crippen molar-refractivity contribution in [3.63, 3.8) is 0 Å².